The van der Waals surface area contributed by atoms with Gasteiger partial charge in [0, 0.05) is 11.3 Å². The topological polar surface area (TPSA) is 80.9 Å². The van der Waals surface area contributed by atoms with Gasteiger partial charge in [-0.1, -0.05) is 18.2 Å². The van der Waals surface area contributed by atoms with Crippen molar-refractivity contribution in [3.05, 3.63) is 71.1 Å². The summed E-state index contributed by atoms with van der Waals surface area (Å²) < 4.78 is 1.89. The van der Waals surface area contributed by atoms with Crippen molar-refractivity contribution in [2.75, 3.05) is 0 Å². The number of carbonyl (C=O) groups is 1. The van der Waals surface area contributed by atoms with Crippen molar-refractivity contribution in [2.45, 2.75) is 13.8 Å². The van der Waals surface area contributed by atoms with Crippen LogP contribution < -0.4 is 0 Å². The third kappa shape index (κ3) is 3.08. The molecule has 0 spiro atoms. The Balaban J connectivity index is 1.95. The van der Waals surface area contributed by atoms with E-state index in [4.69, 9.17) is 5.11 Å². The van der Waals surface area contributed by atoms with Crippen LogP contribution in [0.25, 0.3) is 17.8 Å². The van der Waals surface area contributed by atoms with Crippen molar-refractivity contribution < 1.29 is 9.90 Å². The summed E-state index contributed by atoms with van der Waals surface area (Å²) in [6.07, 6.45) is 4.90. The normalized spacial score (nSPS) is 11.1. The minimum absolute atomic E-state index is 0.0296. The SMILES string of the molecule is Cc1nn(-c2ccccc2)c(C)c1/C=C/c1cc(C(=O)O)ncn1. The summed E-state index contributed by atoms with van der Waals surface area (Å²) in [7, 11) is 0. The number of hydrogen-bond donors (Lipinski definition) is 1. The molecule has 24 heavy (non-hydrogen) atoms. The molecule has 1 N–H and O–H groups in total. The standard InChI is InChI=1S/C18H16N4O2/c1-12-16(9-8-14-10-17(18(23)24)20-11-19-14)13(2)22(21-12)15-6-4-3-5-7-15/h3-11H,1-2H3,(H,23,24)/b9-8+. The van der Waals surface area contributed by atoms with Crippen molar-refractivity contribution in [2.24, 2.45) is 0 Å². The van der Waals surface area contributed by atoms with Crippen LogP contribution in [0.1, 0.15) is 33.1 Å². The Kier molecular flexibility index (Phi) is 4.20. The van der Waals surface area contributed by atoms with Crippen LogP contribution in [0.5, 0.6) is 0 Å². The lowest BCUT2D eigenvalue weighted by Crippen LogP contribution is -2.01. The first-order valence-electron chi connectivity index (χ1n) is 7.41. The minimum Gasteiger partial charge on any atom is -0.477 e. The van der Waals surface area contributed by atoms with Crippen LogP contribution in [0.4, 0.5) is 0 Å². The molecule has 1 aromatic carbocycles. The maximum Gasteiger partial charge on any atom is 0.354 e. The Morgan fingerprint density at radius 2 is 1.88 bits per heavy atom. The highest BCUT2D eigenvalue weighted by atomic mass is 16.4. The molecule has 0 aliphatic rings. The van der Waals surface area contributed by atoms with Gasteiger partial charge < -0.3 is 5.11 Å². The second-order valence-corrected chi connectivity index (χ2v) is 5.30. The van der Waals surface area contributed by atoms with Gasteiger partial charge in [0.15, 0.2) is 5.69 Å². The van der Waals surface area contributed by atoms with E-state index < -0.39 is 5.97 Å². The summed E-state index contributed by atoms with van der Waals surface area (Å²) in [5.74, 6) is -1.07. The molecule has 2 aromatic heterocycles. The van der Waals surface area contributed by atoms with E-state index in [1.165, 1.54) is 12.4 Å². The monoisotopic (exact) mass is 320 g/mol. The third-order valence-electron chi connectivity index (χ3n) is 3.68. The number of aromatic carboxylic acids is 1. The van der Waals surface area contributed by atoms with E-state index in [1.54, 1.807) is 6.08 Å². The van der Waals surface area contributed by atoms with Crippen molar-refractivity contribution in [3.8, 4) is 5.69 Å². The highest BCUT2D eigenvalue weighted by molar-refractivity contribution is 5.86. The number of aromatic nitrogens is 4. The van der Waals surface area contributed by atoms with Gasteiger partial charge in [0.25, 0.3) is 0 Å². The number of aryl methyl sites for hydroxylation is 1. The van der Waals surface area contributed by atoms with Gasteiger partial charge in [-0.05, 0) is 44.2 Å². The fourth-order valence-corrected chi connectivity index (χ4v) is 2.47. The quantitative estimate of drug-likeness (QED) is 0.798. The van der Waals surface area contributed by atoms with Gasteiger partial charge in [-0.15, -0.1) is 0 Å². The second-order valence-electron chi connectivity index (χ2n) is 5.30. The number of carboxylic acids is 1. The molecule has 0 atom stereocenters. The lowest BCUT2D eigenvalue weighted by molar-refractivity contribution is 0.0690. The maximum absolute atomic E-state index is 11.0. The molecule has 2 heterocycles. The number of para-hydroxylation sites is 1. The van der Waals surface area contributed by atoms with Crippen molar-refractivity contribution >= 4 is 18.1 Å². The molecule has 0 bridgehead atoms. The summed E-state index contributed by atoms with van der Waals surface area (Å²) in [6.45, 7) is 3.93. The average molecular weight is 320 g/mol. The largest absolute Gasteiger partial charge is 0.477 e. The van der Waals surface area contributed by atoms with E-state index in [1.807, 2.05) is 54.9 Å². The van der Waals surface area contributed by atoms with E-state index >= 15 is 0 Å². The molecule has 0 radical (unpaired) electrons. The number of benzene rings is 1. The van der Waals surface area contributed by atoms with Gasteiger partial charge in [0.1, 0.15) is 6.33 Å². The lowest BCUT2D eigenvalue weighted by Gasteiger charge is -2.03. The summed E-state index contributed by atoms with van der Waals surface area (Å²) in [6, 6.07) is 11.3. The molecule has 0 fully saturated rings. The van der Waals surface area contributed by atoms with Crippen LogP contribution in [0.3, 0.4) is 0 Å². The Morgan fingerprint density at radius 1 is 1.12 bits per heavy atom. The Morgan fingerprint density at radius 3 is 2.58 bits per heavy atom. The zero-order valence-corrected chi connectivity index (χ0v) is 13.3. The first kappa shape index (κ1) is 15.6. The van der Waals surface area contributed by atoms with E-state index in [-0.39, 0.29) is 5.69 Å². The minimum atomic E-state index is -1.07. The van der Waals surface area contributed by atoms with Crippen LogP contribution in [0.15, 0.2) is 42.7 Å². The van der Waals surface area contributed by atoms with Crippen LogP contribution in [-0.4, -0.2) is 30.8 Å². The molecule has 0 unspecified atom stereocenters. The van der Waals surface area contributed by atoms with Crippen molar-refractivity contribution in [1.29, 1.82) is 0 Å². The van der Waals surface area contributed by atoms with E-state index in [9.17, 15) is 4.79 Å². The molecule has 6 nitrogen and oxygen atoms in total. The van der Waals surface area contributed by atoms with Crippen LogP contribution in [0, 0.1) is 13.8 Å². The zero-order valence-electron chi connectivity index (χ0n) is 13.3. The summed E-state index contributed by atoms with van der Waals surface area (Å²) >= 11 is 0. The first-order valence-corrected chi connectivity index (χ1v) is 7.41. The summed E-state index contributed by atoms with van der Waals surface area (Å²) in [5.41, 5.74) is 4.37. The number of hydrogen-bond acceptors (Lipinski definition) is 4. The van der Waals surface area contributed by atoms with Gasteiger partial charge >= 0.3 is 5.97 Å². The van der Waals surface area contributed by atoms with Crippen LogP contribution >= 0.6 is 0 Å². The highest BCUT2D eigenvalue weighted by Crippen LogP contribution is 2.20. The Bertz CT molecular complexity index is 914. The van der Waals surface area contributed by atoms with Gasteiger partial charge in [0.2, 0.25) is 0 Å². The predicted octanol–water partition coefficient (Wildman–Crippen LogP) is 3.15. The Labute approximate surface area is 139 Å². The van der Waals surface area contributed by atoms with Gasteiger partial charge in [-0.3, -0.25) is 0 Å². The fraction of sp³-hybridized carbons (Fsp3) is 0.111. The maximum atomic E-state index is 11.0. The van der Waals surface area contributed by atoms with Crippen molar-refractivity contribution in [1.82, 2.24) is 19.7 Å². The molecule has 120 valence electrons. The summed E-state index contributed by atoms with van der Waals surface area (Å²) in [5, 5.41) is 13.6. The van der Waals surface area contributed by atoms with Gasteiger partial charge in [0.05, 0.1) is 17.1 Å². The van der Waals surface area contributed by atoms with Gasteiger partial charge in [-0.25, -0.2) is 19.4 Å². The summed E-state index contributed by atoms with van der Waals surface area (Å²) in [4.78, 5) is 18.8. The Hall–Kier alpha value is -3.28. The molecular weight excluding hydrogens is 304 g/mol. The fourth-order valence-electron chi connectivity index (χ4n) is 2.47. The lowest BCUT2D eigenvalue weighted by atomic mass is 10.1. The second kappa shape index (κ2) is 6.45. The van der Waals surface area contributed by atoms with Crippen LogP contribution in [0.2, 0.25) is 0 Å². The van der Waals surface area contributed by atoms with E-state index in [0.29, 0.717) is 5.69 Å². The van der Waals surface area contributed by atoms with Crippen molar-refractivity contribution in [3.63, 3.8) is 0 Å². The highest BCUT2D eigenvalue weighted by Gasteiger charge is 2.10. The van der Waals surface area contributed by atoms with Gasteiger partial charge in [-0.2, -0.15) is 5.10 Å². The molecular formula is C18H16N4O2. The smallest absolute Gasteiger partial charge is 0.354 e. The van der Waals surface area contributed by atoms with E-state index in [0.717, 1.165) is 22.6 Å². The number of rotatable bonds is 4. The zero-order chi connectivity index (χ0) is 17.1. The van der Waals surface area contributed by atoms with E-state index in [2.05, 4.69) is 15.1 Å². The molecule has 0 aliphatic heterocycles. The molecule has 3 rings (SSSR count). The first-order chi connectivity index (χ1) is 11.6. The predicted molar refractivity (Wildman–Crippen MR) is 91.0 cm³/mol. The molecule has 0 aliphatic carbocycles. The molecule has 0 saturated heterocycles. The average Bonchev–Trinajstić information content (AvgIpc) is 2.88. The molecule has 0 amide bonds. The number of carboxylic acid groups (broad SMARTS) is 1. The van der Waals surface area contributed by atoms with Crippen LogP contribution in [-0.2, 0) is 0 Å². The molecule has 6 heteroatoms. The third-order valence-corrected chi connectivity index (χ3v) is 3.68. The molecule has 0 saturated carbocycles. The molecule has 3 aromatic rings. The number of nitrogens with zero attached hydrogens (tertiary/aromatic N) is 4.